The van der Waals surface area contributed by atoms with Gasteiger partial charge in [-0.2, -0.15) is 0 Å². The average molecular weight is 110 g/mol. The van der Waals surface area contributed by atoms with Crippen LogP contribution in [-0.4, -0.2) is 26.5 Å². The summed E-state index contributed by atoms with van der Waals surface area (Å²) in [5, 5.41) is 5.44. The van der Waals surface area contributed by atoms with Gasteiger partial charge in [0.15, 0.2) is 6.29 Å². The first-order chi connectivity index (χ1) is 3.35. The van der Waals surface area contributed by atoms with Gasteiger partial charge in [-0.05, 0) is 14.1 Å². The fraction of sp³-hybridized carbons (Fsp3) is 0.750. The van der Waals surface area contributed by atoms with E-state index in [0.717, 1.165) is 6.29 Å². The van der Waals surface area contributed by atoms with Gasteiger partial charge in [0.2, 0.25) is 0 Å². The molecule has 2 N–H and O–H groups in total. The number of hydrogen-bond donors (Lipinski definition) is 2. The van der Waals surface area contributed by atoms with Crippen molar-refractivity contribution in [3.05, 3.63) is 0 Å². The number of hydrogen-bond acceptors (Lipinski definition) is 3. The second-order valence-corrected chi connectivity index (χ2v) is 1.19. The maximum absolute atomic E-state index is 9.84. The Balaban J connectivity index is -0.000000180. The van der Waals surface area contributed by atoms with E-state index in [9.17, 15) is 4.79 Å². The number of aldehydes is 1. The molecule has 0 atom stereocenters. The van der Waals surface area contributed by atoms with Crippen LogP contribution in [0.5, 0.6) is 0 Å². The molecule has 0 heterocycles. The number of rotatable bonds is 3. The molecule has 0 aliphatic rings. The van der Waals surface area contributed by atoms with Crippen LogP contribution in [0.25, 0.3) is 0 Å². The standard InChI is InChI=1S/C4H10N2O.Li.H/c1-5-4(3-7)6-2;;/h3-6H,1-2H3;;/q;+1;-1. The second kappa shape index (κ2) is 7.19. The first-order valence-corrected chi connectivity index (χ1v) is 2.15. The zero-order valence-electron chi connectivity index (χ0n) is 6.56. The minimum Gasteiger partial charge on any atom is -1.00 e. The summed E-state index contributed by atoms with van der Waals surface area (Å²) in [5.41, 5.74) is 0. The summed E-state index contributed by atoms with van der Waals surface area (Å²) >= 11 is 0. The van der Waals surface area contributed by atoms with E-state index in [0.29, 0.717) is 0 Å². The largest absolute Gasteiger partial charge is 1.00 e. The predicted molar refractivity (Wildman–Crippen MR) is 29.1 cm³/mol. The van der Waals surface area contributed by atoms with Gasteiger partial charge in [0, 0.05) is 0 Å². The van der Waals surface area contributed by atoms with Crippen LogP contribution >= 0.6 is 0 Å². The van der Waals surface area contributed by atoms with E-state index in [-0.39, 0.29) is 26.5 Å². The summed E-state index contributed by atoms with van der Waals surface area (Å²) < 4.78 is 0. The maximum atomic E-state index is 9.84. The van der Waals surface area contributed by atoms with Crippen LogP contribution in [0.1, 0.15) is 1.43 Å². The van der Waals surface area contributed by atoms with Gasteiger partial charge in [-0.15, -0.1) is 0 Å². The summed E-state index contributed by atoms with van der Waals surface area (Å²) in [5.74, 6) is 0. The summed E-state index contributed by atoms with van der Waals surface area (Å²) in [4.78, 5) is 9.84. The molecule has 0 saturated carbocycles. The Labute approximate surface area is 62.9 Å². The van der Waals surface area contributed by atoms with Gasteiger partial charge < -0.3 is 6.22 Å². The third-order valence-corrected chi connectivity index (χ3v) is 0.758. The van der Waals surface area contributed by atoms with Gasteiger partial charge in [-0.1, -0.05) is 0 Å². The third-order valence-electron chi connectivity index (χ3n) is 0.758. The second-order valence-electron chi connectivity index (χ2n) is 1.19. The van der Waals surface area contributed by atoms with Crippen LogP contribution in [-0.2, 0) is 4.79 Å². The molecule has 0 spiro atoms. The van der Waals surface area contributed by atoms with Gasteiger partial charge in [-0.3, -0.25) is 10.6 Å². The van der Waals surface area contributed by atoms with Crippen LogP contribution in [0.15, 0.2) is 0 Å². The fourth-order valence-corrected chi connectivity index (χ4v) is 0.280. The number of carbonyl (C=O) groups is 1. The summed E-state index contributed by atoms with van der Waals surface area (Å²) in [7, 11) is 3.44. The Hall–Kier alpha value is 0.187. The Bertz CT molecular complexity index is 60.5. The zero-order chi connectivity index (χ0) is 5.70. The normalized spacial score (nSPS) is 8.38. The summed E-state index contributed by atoms with van der Waals surface area (Å²) in [6, 6.07) is 0. The minimum atomic E-state index is -0.194. The average Bonchev–Trinajstić information content (AvgIpc) is 1.72. The van der Waals surface area contributed by atoms with Gasteiger partial charge in [0.25, 0.3) is 0 Å². The number of likely N-dealkylation sites (N-methyl/N-ethyl adjacent to an activating group) is 2. The molecule has 0 aromatic heterocycles. The fourth-order valence-electron chi connectivity index (χ4n) is 0.280. The van der Waals surface area contributed by atoms with Crippen molar-refractivity contribution in [1.82, 2.24) is 10.6 Å². The van der Waals surface area contributed by atoms with Crippen molar-refractivity contribution in [3.63, 3.8) is 0 Å². The van der Waals surface area contributed by atoms with Crippen molar-refractivity contribution < 1.29 is 25.1 Å². The molecule has 0 aromatic rings. The van der Waals surface area contributed by atoms with Crippen molar-refractivity contribution in [2.45, 2.75) is 6.17 Å². The predicted octanol–water partition coefficient (Wildman–Crippen LogP) is -3.93. The molecule has 0 aromatic carbocycles. The first-order valence-electron chi connectivity index (χ1n) is 2.15. The molecular formula is C4H11LiN2O. The van der Waals surface area contributed by atoms with Crippen LogP contribution in [0.2, 0.25) is 0 Å². The number of nitrogens with one attached hydrogen (secondary N) is 2. The van der Waals surface area contributed by atoms with Crippen LogP contribution in [0.3, 0.4) is 0 Å². The first kappa shape index (κ1) is 11.0. The van der Waals surface area contributed by atoms with E-state index in [4.69, 9.17) is 0 Å². The minimum absolute atomic E-state index is 0. The molecule has 3 nitrogen and oxygen atoms in total. The Morgan fingerprint density at radius 3 is 1.88 bits per heavy atom. The quantitative estimate of drug-likeness (QED) is 0.221. The van der Waals surface area contributed by atoms with Crippen molar-refractivity contribution in [2.24, 2.45) is 0 Å². The van der Waals surface area contributed by atoms with Crippen LogP contribution < -0.4 is 29.5 Å². The van der Waals surface area contributed by atoms with Gasteiger partial charge >= 0.3 is 18.9 Å². The monoisotopic (exact) mass is 110 g/mol. The molecule has 0 aliphatic heterocycles. The van der Waals surface area contributed by atoms with Gasteiger partial charge in [-0.25, -0.2) is 0 Å². The Morgan fingerprint density at radius 2 is 1.88 bits per heavy atom. The van der Waals surface area contributed by atoms with Crippen molar-refractivity contribution >= 4 is 6.29 Å². The van der Waals surface area contributed by atoms with E-state index < -0.39 is 0 Å². The molecule has 0 bridgehead atoms. The molecule has 0 unspecified atom stereocenters. The van der Waals surface area contributed by atoms with E-state index >= 15 is 0 Å². The van der Waals surface area contributed by atoms with Crippen LogP contribution in [0, 0.1) is 0 Å². The SMILES string of the molecule is CNC(C=O)NC.[H-].[Li+]. The van der Waals surface area contributed by atoms with E-state index in [2.05, 4.69) is 10.6 Å². The third kappa shape index (κ3) is 4.35. The summed E-state index contributed by atoms with van der Waals surface area (Å²) in [6.45, 7) is 0. The van der Waals surface area contributed by atoms with E-state index in [1.165, 1.54) is 0 Å². The van der Waals surface area contributed by atoms with E-state index in [1.807, 2.05) is 0 Å². The molecule has 0 fully saturated rings. The Kier molecular flexibility index (Phi) is 9.93. The van der Waals surface area contributed by atoms with Crippen molar-refractivity contribution in [1.29, 1.82) is 0 Å². The molecule has 8 heavy (non-hydrogen) atoms. The van der Waals surface area contributed by atoms with Gasteiger partial charge in [0.05, 0.1) is 0 Å². The molecule has 0 amide bonds. The molecule has 0 saturated heterocycles. The Morgan fingerprint density at radius 1 is 1.50 bits per heavy atom. The molecular weight excluding hydrogens is 99.0 g/mol. The molecule has 0 aliphatic carbocycles. The van der Waals surface area contributed by atoms with Crippen LogP contribution in [0.4, 0.5) is 0 Å². The molecule has 4 heteroatoms. The maximum Gasteiger partial charge on any atom is 1.00 e. The van der Waals surface area contributed by atoms with E-state index in [1.54, 1.807) is 14.1 Å². The molecule has 0 rings (SSSR count). The van der Waals surface area contributed by atoms with Gasteiger partial charge in [0.1, 0.15) is 6.17 Å². The molecule has 0 radical (unpaired) electrons. The zero-order valence-corrected chi connectivity index (χ0v) is 5.56. The summed E-state index contributed by atoms with van der Waals surface area (Å²) in [6.07, 6.45) is 0.611. The topological polar surface area (TPSA) is 41.1 Å². The van der Waals surface area contributed by atoms with Crippen molar-refractivity contribution in [3.8, 4) is 0 Å². The number of carbonyl (C=O) groups excluding carboxylic acids is 1. The molecule has 44 valence electrons. The van der Waals surface area contributed by atoms with Crippen molar-refractivity contribution in [2.75, 3.05) is 14.1 Å². The smallest absolute Gasteiger partial charge is 1.00 e.